The second-order valence-corrected chi connectivity index (χ2v) is 4.72. The van der Waals surface area contributed by atoms with E-state index < -0.39 is 4.92 Å². The lowest BCUT2D eigenvalue weighted by atomic mass is 10.1. The van der Waals surface area contributed by atoms with Crippen LogP contribution in [-0.4, -0.2) is 34.1 Å². The minimum absolute atomic E-state index is 0.0838. The zero-order valence-corrected chi connectivity index (χ0v) is 10.8. The molecule has 1 aliphatic heterocycles. The van der Waals surface area contributed by atoms with E-state index in [1.54, 1.807) is 18.5 Å². The summed E-state index contributed by atoms with van der Waals surface area (Å²) in [5, 5.41) is 17.3. The first-order valence-electron chi connectivity index (χ1n) is 6.22. The Kier molecular flexibility index (Phi) is 3.81. The summed E-state index contributed by atoms with van der Waals surface area (Å²) in [5.74, 6) is 1.74. The van der Waals surface area contributed by atoms with E-state index >= 15 is 0 Å². The van der Waals surface area contributed by atoms with Gasteiger partial charge in [-0.25, -0.2) is 0 Å². The van der Waals surface area contributed by atoms with Crippen molar-refractivity contribution < 1.29 is 4.92 Å². The van der Waals surface area contributed by atoms with Gasteiger partial charge in [-0.05, 0) is 41.8 Å². The average molecular weight is 253 g/mol. The highest BCUT2D eigenvalue weighted by atomic mass is 16.6. The van der Waals surface area contributed by atoms with Gasteiger partial charge in [0.2, 0.25) is 11.6 Å². The maximum Gasteiger partial charge on any atom is 0.406 e. The number of aromatic nitrogens is 2. The molecule has 1 aliphatic rings. The van der Waals surface area contributed by atoms with Crippen LogP contribution in [0.15, 0.2) is 0 Å². The minimum atomic E-state index is -0.438. The van der Waals surface area contributed by atoms with Crippen molar-refractivity contribution in [3.05, 3.63) is 15.9 Å². The van der Waals surface area contributed by atoms with Gasteiger partial charge in [-0.3, -0.25) is 4.57 Å². The number of nitrogens with zero attached hydrogens (tertiary/aromatic N) is 3. The van der Waals surface area contributed by atoms with Gasteiger partial charge in [-0.2, -0.15) is 0 Å². The summed E-state index contributed by atoms with van der Waals surface area (Å²) in [6.45, 7) is 4.63. The summed E-state index contributed by atoms with van der Waals surface area (Å²) in [6, 6.07) is 0. The first-order valence-corrected chi connectivity index (χ1v) is 6.22. The van der Waals surface area contributed by atoms with Gasteiger partial charge in [0.15, 0.2) is 0 Å². The first-order chi connectivity index (χ1) is 8.59. The topological polar surface area (TPSA) is 85.0 Å². The van der Waals surface area contributed by atoms with Crippen molar-refractivity contribution in [3.63, 3.8) is 0 Å². The molecule has 0 radical (unpaired) electrons. The molecule has 2 rings (SSSR count). The fourth-order valence-corrected chi connectivity index (χ4v) is 2.27. The molecule has 1 unspecified atom stereocenters. The second-order valence-electron chi connectivity index (χ2n) is 4.72. The zero-order chi connectivity index (χ0) is 13.1. The van der Waals surface area contributed by atoms with E-state index in [1.165, 1.54) is 6.42 Å². The molecule has 2 heterocycles. The summed E-state index contributed by atoms with van der Waals surface area (Å²) in [7, 11) is 1.79. The largest absolute Gasteiger partial charge is 0.406 e. The smallest absolute Gasteiger partial charge is 0.364 e. The lowest BCUT2D eigenvalue weighted by Crippen LogP contribution is -2.14. The van der Waals surface area contributed by atoms with Crippen molar-refractivity contribution in [2.45, 2.75) is 19.8 Å². The molecular weight excluding hydrogens is 234 g/mol. The second kappa shape index (κ2) is 5.34. The van der Waals surface area contributed by atoms with Crippen molar-refractivity contribution in [2.24, 2.45) is 13.0 Å². The highest BCUT2D eigenvalue weighted by Gasteiger charge is 2.23. The van der Waals surface area contributed by atoms with Crippen LogP contribution in [-0.2, 0) is 7.05 Å². The van der Waals surface area contributed by atoms with E-state index in [-0.39, 0.29) is 5.82 Å². The molecule has 0 bridgehead atoms. The minimum Gasteiger partial charge on any atom is -0.364 e. The Morgan fingerprint density at radius 1 is 1.67 bits per heavy atom. The van der Waals surface area contributed by atoms with Crippen molar-refractivity contribution in [3.8, 4) is 0 Å². The maximum atomic E-state index is 10.9. The van der Waals surface area contributed by atoms with E-state index in [2.05, 4.69) is 15.6 Å². The van der Waals surface area contributed by atoms with E-state index in [1.807, 2.05) is 0 Å². The Balaban J connectivity index is 1.97. The van der Waals surface area contributed by atoms with Gasteiger partial charge < -0.3 is 20.7 Å². The van der Waals surface area contributed by atoms with Crippen LogP contribution in [0.1, 0.15) is 18.7 Å². The van der Waals surface area contributed by atoms with E-state index in [4.69, 9.17) is 0 Å². The maximum absolute atomic E-state index is 10.9. The Morgan fingerprint density at radius 3 is 3.06 bits per heavy atom. The predicted octanol–water partition coefficient (Wildman–Crippen LogP) is 1.05. The highest BCUT2D eigenvalue weighted by Crippen LogP contribution is 2.24. The van der Waals surface area contributed by atoms with Gasteiger partial charge in [-0.1, -0.05) is 0 Å². The third-order valence-electron chi connectivity index (χ3n) is 3.48. The van der Waals surface area contributed by atoms with Gasteiger partial charge in [0.25, 0.3) is 0 Å². The fraction of sp³-hybridized carbons (Fsp3) is 0.727. The summed E-state index contributed by atoms with van der Waals surface area (Å²) >= 11 is 0. The van der Waals surface area contributed by atoms with Crippen LogP contribution in [0.3, 0.4) is 0 Å². The molecule has 1 saturated heterocycles. The highest BCUT2D eigenvalue weighted by molar-refractivity contribution is 5.53. The summed E-state index contributed by atoms with van der Waals surface area (Å²) in [6.07, 6.45) is 2.21. The van der Waals surface area contributed by atoms with Crippen molar-refractivity contribution in [1.29, 1.82) is 0 Å². The van der Waals surface area contributed by atoms with Crippen LogP contribution < -0.4 is 10.6 Å². The van der Waals surface area contributed by atoms with Crippen LogP contribution >= 0.6 is 0 Å². The molecule has 0 amide bonds. The lowest BCUT2D eigenvalue weighted by molar-refractivity contribution is -0.388. The summed E-state index contributed by atoms with van der Waals surface area (Å²) in [4.78, 5) is 14.4. The number of imidazole rings is 1. The number of anilines is 1. The molecule has 1 aromatic rings. The molecule has 7 nitrogen and oxygen atoms in total. The molecule has 100 valence electrons. The normalized spacial score (nSPS) is 19.1. The third kappa shape index (κ3) is 2.61. The van der Waals surface area contributed by atoms with Gasteiger partial charge in [0, 0.05) is 20.5 Å². The summed E-state index contributed by atoms with van der Waals surface area (Å²) < 4.78 is 1.73. The van der Waals surface area contributed by atoms with Crippen molar-refractivity contribution in [2.75, 3.05) is 25.0 Å². The van der Waals surface area contributed by atoms with E-state index in [0.717, 1.165) is 26.1 Å². The Hall–Kier alpha value is -1.63. The lowest BCUT2D eigenvalue weighted by Gasteiger charge is -2.10. The molecule has 1 aromatic heterocycles. The fourth-order valence-electron chi connectivity index (χ4n) is 2.27. The first kappa shape index (κ1) is 12.8. The van der Waals surface area contributed by atoms with Crippen molar-refractivity contribution in [1.82, 2.24) is 14.9 Å². The number of aryl methyl sites for hydroxylation is 1. The predicted molar refractivity (Wildman–Crippen MR) is 68.7 cm³/mol. The van der Waals surface area contributed by atoms with Crippen LogP contribution in [0.25, 0.3) is 0 Å². The average Bonchev–Trinajstić information content (AvgIpc) is 2.92. The van der Waals surface area contributed by atoms with Gasteiger partial charge in [0.1, 0.15) is 0 Å². The van der Waals surface area contributed by atoms with Gasteiger partial charge in [-0.15, -0.1) is 0 Å². The Labute approximate surface area is 106 Å². The van der Waals surface area contributed by atoms with E-state index in [9.17, 15) is 10.1 Å². The zero-order valence-electron chi connectivity index (χ0n) is 10.8. The molecule has 18 heavy (non-hydrogen) atoms. The molecule has 1 atom stereocenters. The number of hydrogen-bond donors (Lipinski definition) is 2. The molecule has 0 saturated carbocycles. The summed E-state index contributed by atoms with van der Waals surface area (Å²) in [5.41, 5.74) is 0. The van der Waals surface area contributed by atoms with Crippen molar-refractivity contribution >= 4 is 11.6 Å². The third-order valence-corrected chi connectivity index (χ3v) is 3.48. The quantitative estimate of drug-likeness (QED) is 0.605. The molecular formula is C11H19N5O2. The molecule has 1 fully saturated rings. The molecule has 0 aliphatic carbocycles. The van der Waals surface area contributed by atoms with Crippen LogP contribution in [0, 0.1) is 23.0 Å². The van der Waals surface area contributed by atoms with Gasteiger partial charge >= 0.3 is 5.82 Å². The van der Waals surface area contributed by atoms with Crippen LogP contribution in [0.5, 0.6) is 0 Å². The number of nitrogens with one attached hydrogen (secondary N) is 2. The van der Waals surface area contributed by atoms with Gasteiger partial charge in [0.05, 0.1) is 0 Å². The monoisotopic (exact) mass is 253 g/mol. The molecule has 7 heteroatoms. The molecule has 0 spiro atoms. The molecule has 2 N–H and O–H groups in total. The van der Waals surface area contributed by atoms with Crippen LogP contribution in [0.4, 0.5) is 11.6 Å². The van der Waals surface area contributed by atoms with Crippen LogP contribution in [0.2, 0.25) is 0 Å². The number of nitro groups is 1. The number of rotatable bonds is 5. The number of hydrogen-bond acceptors (Lipinski definition) is 5. The molecule has 0 aromatic carbocycles. The Bertz CT molecular complexity index is 437. The SMILES string of the molecule is Cc1nc([N+](=O)[O-])c(NCCC2CCNC2)n1C. The van der Waals surface area contributed by atoms with E-state index in [0.29, 0.717) is 17.6 Å². The standard InChI is InChI=1S/C11H19N5O2/c1-8-14-11(16(17)18)10(15(8)2)13-6-4-9-3-5-12-7-9/h9,12-13H,3-7H2,1-2H3. The Morgan fingerprint density at radius 2 is 2.44 bits per heavy atom.